The number of hydrogen-bond donors (Lipinski definition) is 2. The molecule has 0 atom stereocenters. The smallest absolute Gasteiger partial charge is 0.255 e. The van der Waals surface area contributed by atoms with Gasteiger partial charge in [0.2, 0.25) is 0 Å². The van der Waals surface area contributed by atoms with Gasteiger partial charge in [0.05, 0.1) is 0 Å². The third-order valence-corrected chi connectivity index (χ3v) is 2.98. The summed E-state index contributed by atoms with van der Waals surface area (Å²) in [6.07, 6.45) is 0. The maximum absolute atomic E-state index is 13.1. The van der Waals surface area contributed by atoms with E-state index >= 15 is 0 Å². The molecule has 0 aliphatic heterocycles. The lowest BCUT2D eigenvalue weighted by Gasteiger charge is -2.10. The number of anilines is 1. The van der Waals surface area contributed by atoms with Gasteiger partial charge in [-0.25, -0.2) is 8.78 Å². The zero-order chi connectivity index (χ0) is 17.0. The zero-order valence-electron chi connectivity index (χ0n) is 12.7. The Morgan fingerprint density at radius 1 is 0.913 bits per heavy atom. The predicted molar refractivity (Wildman–Crippen MR) is 83.4 cm³/mol. The van der Waals surface area contributed by atoms with Crippen molar-refractivity contribution in [3.8, 4) is 0 Å². The molecule has 0 radical (unpaired) electrons. The fourth-order valence-electron chi connectivity index (χ4n) is 1.92. The Labute approximate surface area is 132 Å². The standard InChI is InChI=1S/C17H16F2N2O2/c1-10(2)20-16(22)11-4-3-5-12(8-11)17(23)21-13-6-7-14(18)15(19)9-13/h3-10H,1-2H3,(H,20,22)(H,21,23). The van der Waals surface area contributed by atoms with Crippen LogP contribution in [-0.2, 0) is 0 Å². The van der Waals surface area contributed by atoms with Crippen molar-refractivity contribution in [3.05, 3.63) is 65.2 Å². The van der Waals surface area contributed by atoms with Gasteiger partial charge >= 0.3 is 0 Å². The third-order valence-electron chi connectivity index (χ3n) is 2.98. The summed E-state index contributed by atoms with van der Waals surface area (Å²) in [5.41, 5.74) is 0.716. The SMILES string of the molecule is CC(C)NC(=O)c1cccc(C(=O)Nc2ccc(F)c(F)c2)c1. The molecule has 4 nitrogen and oxygen atoms in total. The highest BCUT2D eigenvalue weighted by molar-refractivity contribution is 6.06. The number of benzene rings is 2. The van der Waals surface area contributed by atoms with E-state index in [1.807, 2.05) is 13.8 Å². The Morgan fingerprint density at radius 3 is 2.17 bits per heavy atom. The molecule has 0 spiro atoms. The van der Waals surface area contributed by atoms with Gasteiger partial charge in [-0.3, -0.25) is 9.59 Å². The maximum atomic E-state index is 13.1. The summed E-state index contributed by atoms with van der Waals surface area (Å²) < 4.78 is 26.0. The second kappa shape index (κ2) is 7.00. The molecule has 120 valence electrons. The molecule has 0 aromatic heterocycles. The molecule has 2 amide bonds. The number of carbonyl (C=O) groups is 2. The fourth-order valence-corrected chi connectivity index (χ4v) is 1.92. The van der Waals surface area contributed by atoms with Crippen LogP contribution in [0.15, 0.2) is 42.5 Å². The Morgan fingerprint density at radius 2 is 1.57 bits per heavy atom. The van der Waals surface area contributed by atoms with Gasteiger partial charge in [-0.15, -0.1) is 0 Å². The largest absolute Gasteiger partial charge is 0.350 e. The predicted octanol–water partition coefficient (Wildman–Crippen LogP) is 3.36. The monoisotopic (exact) mass is 318 g/mol. The molecule has 0 heterocycles. The topological polar surface area (TPSA) is 58.2 Å². The van der Waals surface area contributed by atoms with E-state index in [9.17, 15) is 18.4 Å². The normalized spacial score (nSPS) is 10.5. The first-order valence-corrected chi connectivity index (χ1v) is 7.04. The van der Waals surface area contributed by atoms with Crippen LogP contribution in [0.1, 0.15) is 34.6 Å². The molecule has 2 aromatic carbocycles. The third kappa shape index (κ3) is 4.35. The molecular weight excluding hydrogens is 302 g/mol. The van der Waals surface area contributed by atoms with Crippen molar-refractivity contribution in [2.45, 2.75) is 19.9 Å². The van der Waals surface area contributed by atoms with Crippen molar-refractivity contribution in [3.63, 3.8) is 0 Å². The van der Waals surface area contributed by atoms with Gasteiger partial charge in [0, 0.05) is 28.9 Å². The lowest BCUT2D eigenvalue weighted by atomic mass is 10.1. The molecule has 0 unspecified atom stereocenters. The van der Waals surface area contributed by atoms with Crippen molar-refractivity contribution < 1.29 is 18.4 Å². The van der Waals surface area contributed by atoms with Gasteiger partial charge < -0.3 is 10.6 Å². The average Bonchev–Trinajstić information content (AvgIpc) is 2.50. The van der Waals surface area contributed by atoms with Crippen LogP contribution in [0.3, 0.4) is 0 Å². The van der Waals surface area contributed by atoms with E-state index in [0.717, 1.165) is 12.1 Å². The highest BCUT2D eigenvalue weighted by Gasteiger charge is 2.12. The van der Waals surface area contributed by atoms with E-state index in [4.69, 9.17) is 0 Å². The summed E-state index contributed by atoms with van der Waals surface area (Å²) in [5.74, 6) is -2.85. The molecule has 0 fully saturated rings. The minimum atomic E-state index is -1.05. The van der Waals surface area contributed by atoms with E-state index in [2.05, 4.69) is 10.6 Å². The number of halogens is 2. The number of rotatable bonds is 4. The average molecular weight is 318 g/mol. The first kappa shape index (κ1) is 16.6. The van der Waals surface area contributed by atoms with Gasteiger partial charge in [-0.2, -0.15) is 0 Å². The molecular formula is C17H16F2N2O2. The number of amides is 2. The maximum Gasteiger partial charge on any atom is 0.255 e. The fraction of sp³-hybridized carbons (Fsp3) is 0.176. The molecule has 0 saturated carbocycles. The van der Waals surface area contributed by atoms with E-state index in [0.29, 0.717) is 5.56 Å². The Kier molecular flexibility index (Phi) is 5.05. The Balaban J connectivity index is 2.16. The molecule has 0 aliphatic rings. The van der Waals surface area contributed by atoms with Gasteiger partial charge in [0.1, 0.15) is 0 Å². The number of nitrogens with one attached hydrogen (secondary N) is 2. The van der Waals surface area contributed by atoms with Gasteiger partial charge in [0.25, 0.3) is 11.8 Å². The van der Waals surface area contributed by atoms with Crippen molar-refractivity contribution in [2.75, 3.05) is 5.32 Å². The van der Waals surface area contributed by atoms with Crippen LogP contribution in [0.4, 0.5) is 14.5 Å². The van der Waals surface area contributed by atoms with Crippen molar-refractivity contribution >= 4 is 17.5 Å². The number of carbonyl (C=O) groups excluding carboxylic acids is 2. The summed E-state index contributed by atoms with van der Waals surface area (Å²) in [4.78, 5) is 24.1. The van der Waals surface area contributed by atoms with Crippen LogP contribution in [-0.4, -0.2) is 17.9 Å². The van der Waals surface area contributed by atoms with E-state index in [-0.39, 0.29) is 23.2 Å². The summed E-state index contributed by atoms with van der Waals surface area (Å²) in [5, 5.41) is 5.18. The quantitative estimate of drug-likeness (QED) is 0.908. The molecule has 23 heavy (non-hydrogen) atoms. The first-order chi connectivity index (χ1) is 10.9. The highest BCUT2D eigenvalue weighted by Crippen LogP contribution is 2.15. The molecule has 2 rings (SSSR count). The zero-order valence-corrected chi connectivity index (χ0v) is 12.7. The van der Waals surface area contributed by atoms with Crippen molar-refractivity contribution in [1.29, 1.82) is 0 Å². The second-order valence-electron chi connectivity index (χ2n) is 5.29. The lowest BCUT2D eigenvalue weighted by molar-refractivity contribution is 0.0943. The Hall–Kier alpha value is -2.76. The van der Waals surface area contributed by atoms with Crippen LogP contribution in [0, 0.1) is 11.6 Å². The van der Waals surface area contributed by atoms with E-state index in [1.165, 1.54) is 18.2 Å². The summed E-state index contributed by atoms with van der Waals surface area (Å²) in [6, 6.07) is 9.18. The minimum absolute atomic E-state index is 0.0258. The van der Waals surface area contributed by atoms with E-state index in [1.54, 1.807) is 12.1 Å². The van der Waals surface area contributed by atoms with Crippen LogP contribution < -0.4 is 10.6 Å². The first-order valence-electron chi connectivity index (χ1n) is 7.04. The van der Waals surface area contributed by atoms with Crippen molar-refractivity contribution in [2.24, 2.45) is 0 Å². The molecule has 0 bridgehead atoms. The lowest BCUT2D eigenvalue weighted by Crippen LogP contribution is -2.30. The summed E-state index contributed by atoms with van der Waals surface area (Å²) in [6.45, 7) is 3.66. The highest BCUT2D eigenvalue weighted by atomic mass is 19.2. The van der Waals surface area contributed by atoms with Crippen LogP contribution in [0.25, 0.3) is 0 Å². The second-order valence-corrected chi connectivity index (χ2v) is 5.29. The van der Waals surface area contributed by atoms with Gasteiger partial charge in [-0.1, -0.05) is 6.07 Å². The summed E-state index contributed by atoms with van der Waals surface area (Å²) >= 11 is 0. The van der Waals surface area contributed by atoms with Gasteiger partial charge in [-0.05, 0) is 44.2 Å². The number of hydrogen-bond acceptors (Lipinski definition) is 2. The van der Waals surface area contributed by atoms with Gasteiger partial charge in [0.15, 0.2) is 11.6 Å². The minimum Gasteiger partial charge on any atom is -0.350 e. The molecule has 6 heteroatoms. The van der Waals surface area contributed by atoms with Crippen LogP contribution >= 0.6 is 0 Å². The van der Waals surface area contributed by atoms with E-state index < -0.39 is 17.5 Å². The molecule has 0 aliphatic carbocycles. The van der Waals surface area contributed by atoms with Crippen LogP contribution in [0.2, 0.25) is 0 Å². The van der Waals surface area contributed by atoms with Crippen LogP contribution in [0.5, 0.6) is 0 Å². The van der Waals surface area contributed by atoms with Crippen molar-refractivity contribution in [1.82, 2.24) is 5.32 Å². The summed E-state index contributed by atoms with van der Waals surface area (Å²) in [7, 11) is 0. The Bertz CT molecular complexity index is 745. The molecule has 2 aromatic rings. The molecule has 0 saturated heterocycles. The molecule has 2 N–H and O–H groups in total.